The van der Waals surface area contributed by atoms with Crippen molar-refractivity contribution in [2.45, 2.75) is 32.7 Å². The molecule has 0 atom stereocenters. The molecule has 0 aliphatic rings. The smallest absolute Gasteiger partial charge is 0.405 e. The Morgan fingerprint density at radius 1 is 1.27 bits per heavy atom. The molecule has 3 aromatic rings. The normalized spacial score (nSPS) is 12.0. The largest absolute Gasteiger partial charge is 0.573 e. The number of halogens is 4. The van der Waals surface area contributed by atoms with Crippen molar-refractivity contribution < 1.29 is 17.9 Å². The van der Waals surface area contributed by atoms with Crippen molar-refractivity contribution in [3.05, 3.63) is 52.9 Å². The Morgan fingerprint density at radius 3 is 2.69 bits per heavy atom. The number of hydrogen-bond donors (Lipinski definition) is 1. The molecule has 0 saturated heterocycles. The molecule has 2 heterocycles. The Labute approximate surface area is 152 Å². The number of imidazole rings is 1. The van der Waals surface area contributed by atoms with Crippen LogP contribution >= 0.6 is 11.6 Å². The fraction of sp³-hybridized carbons (Fsp3) is 0.294. The van der Waals surface area contributed by atoms with Gasteiger partial charge in [-0.05, 0) is 12.0 Å². The van der Waals surface area contributed by atoms with Gasteiger partial charge in [-0.15, -0.1) is 13.2 Å². The molecule has 0 aliphatic heterocycles. The molecule has 26 heavy (non-hydrogen) atoms. The summed E-state index contributed by atoms with van der Waals surface area (Å²) in [5, 5.41) is 7.56. The van der Waals surface area contributed by atoms with Crippen molar-refractivity contribution in [2.75, 3.05) is 5.32 Å². The van der Waals surface area contributed by atoms with Gasteiger partial charge in [0.15, 0.2) is 10.8 Å². The lowest BCUT2D eigenvalue weighted by molar-refractivity contribution is -0.274. The minimum Gasteiger partial charge on any atom is -0.405 e. The van der Waals surface area contributed by atoms with Crippen LogP contribution < -0.4 is 10.1 Å². The number of nitrogens with zero attached hydrogens (tertiary/aromatic N) is 3. The van der Waals surface area contributed by atoms with Gasteiger partial charge in [-0.25, -0.2) is 9.50 Å². The molecule has 3 rings (SSSR count). The van der Waals surface area contributed by atoms with Crippen LogP contribution in [0, 0.1) is 0 Å². The van der Waals surface area contributed by atoms with Gasteiger partial charge >= 0.3 is 6.36 Å². The average molecular weight is 385 g/mol. The predicted molar refractivity (Wildman–Crippen MR) is 92.5 cm³/mol. The third kappa shape index (κ3) is 4.01. The Hall–Kier alpha value is -2.48. The molecule has 0 bridgehead atoms. The van der Waals surface area contributed by atoms with E-state index in [-0.39, 0.29) is 23.4 Å². The van der Waals surface area contributed by atoms with Crippen LogP contribution in [0.1, 0.15) is 31.0 Å². The summed E-state index contributed by atoms with van der Waals surface area (Å²) in [6.45, 7) is 4.11. The van der Waals surface area contributed by atoms with E-state index in [1.165, 1.54) is 12.1 Å². The molecule has 0 fully saturated rings. The van der Waals surface area contributed by atoms with Crippen LogP contribution in [0.2, 0.25) is 5.15 Å². The van der Waals surface area contributed by atoms with Gasteiger partial charge in [0.25, 0.3) is 0 Å². The van der Waals surface area contributed by atoms with Crippen LogP contribution in [0.3, 0.4) is 0 Å². The number of aromatic nitrogens is 3. The van der Waals surface area contributed by atoms with Crippen molar-refractivity contribution in [2.24, 2.45) is 0 Å². The molecular formula is C17H16ClF3N4O. The quantitative estimate of drug-likeness (QED) is 0.671. The molecule has 0 aliphatic carbocycles. The van der Waals surface area contributed by atoms with E-state index in [0.29, 0.717) is 16.9 Å². The molecule has 0 amide bonds. The van der Waals surface area contributed by atoms with Crippen molar-refractivity contribution in [3.63, 3.8) is 0 Å². The van der Waals surface area contributed by atoms with E-state index in [0.717, 1.165) is 5.69 Å². The van der Waals surface area contributed by atoms with Crippen LogP contribution in [-0.2, 0) is 6.54 Å². The van der Waals surface area contributed by atoms with E-state index in [1.54, 1.807) is 28.9 Å². The standard InChI is InChI=1S/C17H16ClF3N4O/c1-10(2)13-9-23-16-12(7-15(18)24-25(13)16)22-8-11-5-3-4-6-14(11)26-17(19,20)21/h3-7,9-10,22H,8H2,1-2H3. The van der Waals surface area contributed by atoms with Gasteiger partial charge in [0.2, 0.25) is 0 Å². The number of ether oxygens (including phenoxy) is 1. The minimum atomic E-state index is -4.75. The van der Waals surface area contributed by atoms with Gasteiger partial charge in [-0.2, -0.15) is 5.10 Å². The first-order valence-electron chi connectivity index (χ1n) is 7.86. The number of hydrogen-bond acceptors (Lipinski definition) is 4. The Kier molecular flexibility index (Phi) is 4.95. The highest BCUT2D eigenvalue weighted by Gasteiger charge is 2.32. The zero-order valence-electron chi connectivity index (χ0n) is 14.0. The first kappa shape index (κ1) is 18.3. The number of nitrogens with one attached hydrogen (secondary N) is 1. The second kappa shape index (κ2) is 7.03. The summed E-state index contributed by atoms with van der Waals surface area (Å²) < 4.78 is 43.3. The molecule has 138 valence electrons. The van der Waals surface area contributed by atoms with E-state index in [4.69, 9.17) is 11.6 Å². The third-order valence-electron chi connectivity index (χ3n) is 3.72. The van der Waals surface area contributed by atoms with Crippen LogP contribution in [0.15, 0.2) is 36.5 Å². The summed E-state index contributed by atoms with van der Waals surface area (Å²) in [6.07, 6.45) is -3.05. The van der Waals surface area contributed by atoms with Crippen molar-refractivity contribution in [3.8, 4) is 5.75 Å². The maximum atomic E-state index is 12.5. The fourth-order valence-corrected chi connectivity index (χ4v) is 2.73. The SMILES string of the molecule is CC(C)c1cnc2c(NCc3ccccc3OC(F)(F)F)cc(Cl)nn12. The molecule has 5 nitrogen and oxygen atoms in total. The molecular weight excluding hydrogens is 369 g/mol. The van der Waals surface area contributed by atoms with E-state index >= 15 is 0 Å². The van der Waals surface area contributed by atoms with E-state index < -0.39 is 6.36 Å². The molecule has 0 spiro atoms. The van der Waals surface area contributed by atoms with E-state index in [1.807, 2.05) is 13.8 Å². The third-order valence-corrected chi connectivity index (χ3v) is 3.91. The summed E-state index contributed by atoms with van der Waals surface area (Å²) in [7, 11) is 0. The van der Waals surface area contributed by atoms with Gasteiger partial charge in [0, 0.05) is 18.2 Å². The maximum absolute atomic E-state index is 12.5. The lowest BCUT2D eigenvalue weighted by atomic mass is 10.1. The number of benzene rings is 1. The molecule has 1 aromatic carbocycles. The highest BCUT2D eigenvalue weighted by Crippen LogP contribution is 2.28. The zero-order valence-corrected chi connectivity index (χ0v) is 14.8. The summed E-state index contributed by atoms with van der Waals surface area (Å²) >= 11 is 6.08. The molecule has 2 aromatic heterocycles. The molecule has 1 N–H and O–H groups in total. The number of rotatable bonds is 5. The summed E-state index contributed by atoms with van der Waals surface area (Å²) in [5.41, 5.74) is 2.35. The van der Waals surface area contributed by atoms with Crippen LogP contribution in [0.4, 0.5) is 18.9 Å². The molecule has 9 heteroatoms. The molecule has 0 radical (unpaired) electrons. The predicted octanol–water partition coefficient (Wildman–Crippen LogP) is 5.02. The lowest BCUT2D eigenvalue weighted by Crippen LogP contribution is -2.18. The summed E-state index contributed by atoms with van der Waals surface area (Å²) in [5.74, 6) is -0.0698. The Bertz CT molecular complexity index is 924. The summed E-state index contributed by atoms with van der Waals surface area (Å²) in [6, 6.07) is 7.53. The maximum Gasteiger partial charge on any atom is 0.573 e. The fourth-order valence-electron chi connectivity index (χ4n) is 2.54. The van der Waals surface area contributed by atoms with Gasteiger partial charge in [0.05, 0.1) is 17.6 Å². The molecule has 0 saturated carbocycles. The van der Waals surface area contributed by atoms with E-state index in [9.17, 15) is 13.2 Å². The Morgan fingerprint density at radius 2 is 2.00 bits per heavy atom. The zero-order chi connectivity index (χ0) is 18.9. The van der Waals surface area contributed by atoms with Gasteiger partial charge < -0.3 is 10.1 Å². The Balaban J connectivity index is 1.89. The number of anilines is 1. The van der Waals surface area contributed by atoms with Crippen molar-refractivity contribution in [1.29, 1.82) is 0 Å². The topological polar surface area (TPSA) is 51.5 Å². The van der Waals surface area contributed by atoms with Crippen LogP contribution in [0.5, 0.6) is 5.75 Å². The second-order valence-electron chi connectivity index (χ2n) is 5.96. The van der Waals surface area contributed by atoms with Crippen LogP contribution in [-0.4, -0.2) is 21.0 Å². The van der Waals surface area contributed by atoms with Crippen molar-refractivity contribution in [1.82, 2.24) is 14.6 Å². The molecule has 0 unspecified atom stereocenters. The number of alkyl halides is 3. The first-order chi connectivity index (χ1) is 12.2. The highest BCUT2D eigenvalue weighted by atomic mass is 35.5. The average Bonchev–Trinajstić information content (AvgIpc) is 2.96. The monoisotopic (exact) mass is 384 g/mol. The number of para-hydroxylation sites is 1. The minimum absolute atomic E-state index is 0.103. The second-order valence-corrected chi connectivity index (χ2v) is 6.35. The lowest BCUT2D eigenvalue weighted by Gasteiger charge is -2.14. The highest BCUT2D eigenvalue weighted by molar-refractivity contribution is 6.29. The van der Waals surface area contributed by atoms with Gasteiger partial charge in [0.1, 0.15) is 5.75 Å². The van der Waals surface area contributed by atoms with Crippen molar-refractivity contribution >= 4 is 22.9 Å². The van der Waals surface area contributed by atoms with Crippen LogP contribution in [0.25, 0.3) is 5.65 Å². The van der Waals surface area contributed by atoms with E-state index in [2.05, 4.69) is 20.1 Å². The van der Waals surface area contributed by atoms with Gasteiger partial charge in [-0.3, -0.25) is 0 Å². The summed E-state index contributed by atoms with van der Waals surface area (Å²) in [4.78, 5) is 4.34. The van der Waals surface area contributed by atoms with Gasteiger partial charge in [-0.1, -0.05) is 43.6 Å². The first-order valence-corrected chi connectivity index (χ1v) is 8.24. The number of fused-ring (bicyclic) bond motifs is 1.